The highest BCUT2D eigenvalue weighted by Crippen LogP contribution is 2.27. The second-order valence-electron chi connectivity index (χ2n) is 6.84. The van der Waals surface area contributed by atoms with E-state index in [1.807, 2.05) is 0 Å². The molecule has 1 N–H and O–H groups in total. The van der Waals surface area contributed by atoms with Crippen molar-refractivity contribution in [2.45, 2.75) is 38.8 Å². The predicted molar refractivity (Wildman–Crippen MR) is 90.6 cm³/mol. The van der Waals surface area contributed by atoms with Gasteiger partial charge in [-0.05, 0) is 39.4 Å². The molecule has 3 heteroatoms. The molecule has 21 heavy (non-hydrogen) atoms. The fourth-order valence-corrected chi connectivity index (χ4v) is 3.09. The number of piperazine rings is 1. The van der Waals surface area contributed by atoms with Gasteiger partial charge in [-0.2, -0.15) is 0 Å². The zero-order valence-electron chi connectivity index (χ0n) is 14.1. The highest BCUT2D eigenvalue weighted by atomic mass is 15.3. The third-order valence-corrected chi connectivity index (χ3v) is 4.74. The van der Waals surface area contributed by atoms with Crippen molar-refractivity contribution in [2.24, 2.45) is 0 Å². The molecule has 1 aliphatic heterocycles. The van der Waals surface area contributed by atoms with Crippen LogP contribution in [-0.2, 0) is 0 Å². The maximum atomic E-state index is 3.61. The molecule has 3 nitrogen and oxygen atoms in total. The molecule has 1 atom stereocenters. The van der Waals surface area contributed by atoms with E-state index in [0.29, 0.717) is 6.04 Å². The molecular weight excluding hydrogens is 258 g/mol. The molecule has 0 bridgehead atoms. The maximum absolute atomic E-state index is 3.61. The second-order valence-corrected chi connectivity index (χ2v) is 6.84. The average molecular weight is 289 g/mol. The van der Waals surface area contributed by atoms with Crippen LogP contribution in [0.25, 0.3) is 0 Å². The van der Waals surface area contributed by atoms with E-state index in [-0.39, 0.29) is 5.54 Å². The van der Waals surface area contributed by atoms with Gasteiger partial charge in [0.2, 0.25) is 0 Å². The van der Waals surface area contributed by atoms with Gasteiger partial charge >= 0.3 is 0 Å². The summed E-state index contributed by atoms with van der Waals surface area (Å²) < 4.78 is 0. The van der Waals surface area contributed by atoms with Crippen LogP contribution in [0.5, 0.6) is 0 Å². The van der Waals surface area contributed by atoms with Crippen LogP contribution in [0.2, 0.25) is 0 Å². The Labute approximate surface area is 130 Å². The van der Waals surface area contributed by atoms with Crippen LogP contribution in [0.15, 0.2) is 30.3 Å². The third kappa shape index (κ3) is 4.29. The molecule has 0 aliphatic carbocycles. The van der Waals surface area contributed by atoms with Crippen LogP contribution < -0.4 is 5.32 Å². The Morgan fingerprint density at radius 2 is 1.90 bits per heavy atom. The van der Waals surface area contributed by atoms with Crippen LogP contribution in [0.4, 0.5) is 0 Å². The van der Waals surface area contributed by atoms with Crippen LogP contribution >= 0.6 is 0 Å². The molecule has 0 radical (unpaired) electrons. The molecule has 1 aliphatic rings. The normalized spacial score (nSPS) is 21.3. The predicted octanol–water partition coefficient (Wildman–Crippen LogP) is 2.75. The first kappa shape index (κ1) is 16.5. The first-order chi connectivity index (χ1) is 10.0. The van der Waals surface area contributed by atoms with Gasteiger partial charge in [0.25, 0.3) is 0 Å². The summed E-state index contributed by atoms with van der Waals surface area (Å²) in [5, 5.41) is 3.61. The molecule has 1 heterocycles. The van der Waals surface area contributed by atoms with E-state index in [2.05, 4.69) is 73.3 Å². The lowest BCUT2D eigenvalue weighted by Gasteiger charge is -2.48. The van der Waals surface area contributed by atoms with Crippen LogP contribution in [0.1, 0.15) is 38.8 Å². The van der Waals surface area contributed by atoms with E-state index < -0.39 is 0 Å². The minimum Gasteiger partial charge on any atom is -0.315 e. The van der Waals surface area contributed by atoms with Gasteiger partial charge in [0.1, 0.15) is 0 Å². The van der Waals surface area contributed by atoms with Gasteiger partial charge in [-0.1, -0.05) is 37.3 Å². The van der Waals surface area contributed by atoms with E-state index in [1.165, 1.54) is 12.0 Å². The lowest BCUT2D eigenvalue weighted by Crippen LogP contribution is -2.59. The SMILES string of the molecule is CCCNCC(c1ccccc1)N1CCN(C)C(C)(C)C1. The average Bonchev–Trinajstić information content (AvgIpc) is 2.48. The number of hydrogen-bond acceptors (Lipinski definition) is 3. The van der Waals surface area contributed by atoms with Gasteiger partial charge < -0.3 is 5.32 Å². The summed E-state index contributed by atoms with van der Waals surface area (Å²) in [4.78, 5) is 5.13. The van der Waals surface area contributed by atoms with Crippen molar-refractivity contribution in [3.63, 3.8) is 0 Å². The van der Waals surface area contributed by atoms with Gasteiger partial charge in [0.05, 0.1) is 0 Å². The summed E-state index contributed by atoms with van der Waals surface area (Å²) >= 11 is 0. The summed E-state index contributed by atoms with van der Waals surface area (Å²) in [6, 6.07) is 11.4. The molecule has 118 valence electrons. The van der Waals surface area contributed by atoms with E-state index in [9.17, 15) is 0 Å². The summed E-state index contributed by atoms with van der Waals surface area (Å²) in [5.74, 6) is 0. The minimum atomic E-state index is 0.246. The van der Waals surface area contributed by atoms with Gasteiger partial charge in [0.15, 0.2) is 0 Å². The van der Waals surface area contributed by atoms with Crippen LogP contribution in [-0.4, -0.2) is 55.1 Å². The Morgan fingerprint density at radius 1 is 1.19 bits per heavy atom. The molecule has 0 spiro atoms. The van der Waals surface area contributed by atoms with Gasteiger partial charge in [-0.25, -0.2) is 0 Å². The Balaban J connectivity index is 2.11. The topological polar surface area (TPSA) is 18.5 Å². The summed E-state index contributed by atoms with van der Waals surface area (Å²) in [7, 11) is 2.24. The van der Waals surface area contributed by atoms with Crippen molar-refractivity contribution in [1.82, 2.24) is 15.1 Å². The van der Waals surface area contributed by atoms with Crippen molar-refractivity contribution < 1.29 is 0 Å². The van der Waals surface area contributed by atoms with E-state index in [1.54, 1.807) is 0 Å². The molecule has 2 rings (SSSR count). The van der Waals surface area contributed by atoms with Gasteiger partial charge in [-0.15, -0.1) is 0 Å². The molecule has 1 saturated heterocycles. The minimum absolute atomic E-state index is 0.246. The van der Waals surface area contributed by atoms with Crippen LogP contribution in [0, 0.1) is 0 Å². The molecule has 1 fully saturated rings. The van der Waals surface area contributed by atoms with Gasteiger partial charge in [-0.3, -0.25) is 9.80 Å². The lowest BCUT2D eigenvalue weighted by molar-refractivity contribution is 0.0162. The Bertz CT molecular complexity index is 416. The number of likely N-dealkylation sites (N-methyl/N-ethyl adjacent to an activating group) is 1. The first-order valence-corrected chi connectivity index (χ1v) is 8.25. The summed E-state index contributed by atoms with van der Waals surface area (Å²) in [5.41, 5.74) is 1.68. The third-order valence-electron chi connectivity index (χ3n) is 4.74. The number of nitrogens with zero attached hydrogens (tertiary/aromatic N) is 2. The fraction of sp³-hybridized carbons (Fsp3) is 0.667. The highest BCUT2D eigenvalue weighted by molar-refractivity contribution is 5.20. The standard InChI is InChI=1S/C18H31N3/c1-5-11-19-14-17(16-9-7-6-8-10-16)21-13-12-20(4)18(2,3)15-21/h6-10,17,19H,5,11-15H2,1-4H3. The molecule has 0 aromatic heterocycles. The first-order valence-electron chi connectivity index (χ1n) is 8.25. The molecule has 0 amide bonds. The molecular formula is C18H31N3. The fourth-order valence-electron chi connectivity index (χ4n) is 3.09. The van der Waals surface area contributed by atoms with Crippen LogP contribution in [0.3, 0.4) is 0 Å². The van der Waals surface area contributed by atoms with Crippen molar-refractivity contribution >= 4 is 0 Å². The maximum Gasteiger partial charge on any atom is 0.0473 e. The Kier molecular flexibility index (Phi) is 5.80. The van der Waals surface area contributed by atoms with E-state index in [0.717, 1.165) is 32.7 Å². The second kappa shape index (κ2) is 7.39. The van der Waals surface area contributed by atoms with Crippen molar-refractivity contribution in [2.75, 3.05) is 39.8 Å². The monoisotopic (exact) mass is 289 g/mol. The van der Waals surface area contributed by atoms with Crippen molar-refractivity contribution in [1.29, 1.82) is 0 Å². The quantitative estimate of drug-likeness (QED) is 0.813. The number of nitrogens with one attached hydrogen (secondary N) is 1. The summed E-state index contributed by atoms with van der Waals surface area (Å²) in [6.07, 6.45) is 1.19. The Hall–Kier alpha value is -0.900. The number of rotatable bonds is 6. The van der Waals surface area contributed by atoms with Gasteiger partial charge in [0, 0.05) is 37.8 Å². The number of hydrogen-bond donors (Lipinski definition) is 1. The molecule has 1 unspecified atom stereocenters. The van der Waals surface area contributed by atoms with Crippen molar-refractivity contribution in [3.05, 3.63) is 35.9 Å². The Morgan fingerprint density at radius 3 is 2.52 bits per heavy atom. The zero-order valence-corrected chi connectivity index (χ0v) is 14.1. The van der Waals surface area contributed by atoms with E-state index >= 15 is 0 Å². The number of benzene rings is 1. The molecule has 0 saturated carbocycles. The highest BCUT2D eigenvalue weighted by Gasteiger charge is 2.34. The lowest BCUT2D eigenvalue weighted by atomic mass is 9.96. The molecule has 1 aromatic carbocycles. The van der Waals surface area contributed by atoms with Crippen molar-refractivity contribution in [3.8, 4) is 0 Å². The largest absolute Gasteiger partial charge is 0.315 e. The molecule has 1 aromatic rings. The zero-order chi connectivity index (χ0) is 15.3. The smallest absolute Gasteiger partial charge is 0.0473 e. The summed E-state index contributed by atoms with van der Waals surface area (Å²) in [6.45, 7) is 12.5. The van der Waals surface area contributed by atoms with E-state index in [4.69, 9.17) is 0 Å².